The van der Waals surface area contributed by atoms with Gasteiger partial charge in [0.25, 0.3) is 0 Å². The van der Waals surface area contributed by atoms with E-state index in [9.17, 15) is 0 Å². The third kappa shape index (κ3) is 2.30. The van der Waals surface area contributed by atoms with Crippen molar-refractivity contribution < 1.29 is 4.74 Å². The first-order chi connectivity index (χ1) is 12.3. The van der Waals surface area contributed by atoms with Crippen molar-refractivity contribution in [1.29, 1.82) is 0 Å². The highest BCUT2D eigenvalue weighted by Crippen LogP contribution is 2.35. The van der Waals surface area contributed by atoms with E-state index in [1.165, 1.54) is 0 Å². The Balaban J connectivity index is 1.69. The predicted molar refractivity (Wildman–Crippen MR) is 93.2 cm³/mol. The molecule has 4 aromatic rings. The summed E-state index contributed by atoms with van der Waals surface area (Å²) in [7, 11) is 0. The van der Waals surface area contributed by atoms with Crippen molar-refractivity contribution in [3.05, 3.63) is 72.0 Å². The maximum absolute atomic E-state index is 6.34. The molecule has 0 amide bonds. The lowest BCUT2D eigenvalue weighted by molar-refractivity contribution is 0.482. The lowest BCUT2D eigenvalue weighted by Crippen LogP contribution is -2.04. The first kappa shape index (κ1) is 14.2. The molecular formula is C18H12ClN5O. The van der Waals surface area contributed by atoms with Crippen LogP contribution in [0.25, 0.3) is 17.1 Å². The number of halogens is 1. The van der Waals surface area contributed by atoms with Gasteiger partial charge in [0.2, 0.25) is 5.28 Å². The van der Waals surface area contributed by atoms with Crippen LogP contribution in [0.4, 0.5) is 0 Å². The summed E-state index contributed by atoms with van der Waals surface area (Å²) in [6.07, 6.45) is 3.31. The Hall–Kier alpha value is -3.12. The van der Waals surface area contributed by atoms with Crippen molar-refractivity contribution in [2.75, 3.05) is 0 Å². The molecule has 0 bridgehead atoms. The van der Waals surface area contributed by atoms with E-state index in [1.54, 1.807) is 12.5 Å². The standard InChI is InChI=1S/C18H12ClN5O/c19-18-20-9-12-10-23-17(21-11-22-23)15-7-6-14(8-16(15)24(12)18)25-13-4-2-1-3-5-13/h1-9,11H,10H2. The first-order valence-electron chi connectivity index (χ1n) is 7.77. The SMILES string of the molecule is Clc1ncc2n1-c1cc(Oc3ccccc3)ccc1-c1ncnn1C2. The zero-order valence-electron chi connectivity index (χ0n) is 13.0. The number of rotatable bonds is 2. The number of nitrogens with zero attached hydrogens (tertiary/aromatic N) is 5. The topological polar surface area (TPSA) is 57.8 Å². The molecule has 1 aliphatic rings. The van der Waals surface area contributed by atoms with Crippen LogP contribution >= 0.6 is 11.6 Å². The number of hydrogen-bond donors (Lipinski definition) is 0. The fraction of sp³-hybridized carbons (Fsp3) is 0.0556. The minimum Gasteiger partial charge on any atom is -0.457 e. The van der Waals surface area contributed by atoms with Gasteiger partial charge in [0.15, 0.2) is 5.82 Å². The number of para-hydroxylation sites is 1. The monoisotopic (exact) mass is 349 g/mol. The van der Waals surface area contributed by atoms with Crippen LogP contribution in [0, 0.1) is 0 Å². The average molecular weight is 350 g/mol. The maximum Gasteiger partial charge on any atom is 0.207 e. The Morgan fingerprint density at radius 2 is 1.88 bits per heavy atom. The van der Waals surface area contributed by atoms with Crippen molar-refractivity contribution in [3.8, 4) is 28.6 Å². The van der Waals surface area contributed by atoms with Crippen LogP contribution in [0.15, 0.2) is 61.1 Å². The number of aromatic nitrogens is 5. The third-order valence-corrected chi connectivity index (χ3v) is 4.42. The average Bonchev–Trinajstić information content (AvgIpc) is 3.20. The molecule has 6 nitrogen and oxygen atoms in total. The van der Waals surface area contributed by atoms with E-state index >= 15 is 0 Å². The van der Waals surface area contributed by atoms with Gasteiger partial charge in [-0.1, -0.05) is 18.2 Å². The van der Waals surface area contributed by atoms with E-state index in [1.807, 2.05) is 57.8 Å². The van der Waals surface area contributed by atoms with Crippen molar-refractivity contribution in [1.82, 2.24) is 24.3 Å². The van der Waals surface area contributed by atoms with E-state index in [2.05, 4.69) is 15.1 Å². The van der Waals surface area contributed by atoms with Gasteiger partial charge in [-0.05, 0) is 35.9 Å². The molecule has 3 heterocycles. The normalized spacial score (nSPS) is 12.0. The fourth-order valence-corrected chi connectivity index (χ4v) is 3.29. The first-order valence-corrected chi connectivity index (χ1v) is 8.15. The lowest BCUT2D eigenvalue weighted by atomic mass is 10.1. The number of ether oxygens (including phenoxy) is 1. The Morgan fingerprint density at radius 1 is 1.00 bits per heavy atom. The molecule has 0 aliphatic carbocycles. The van der Waals surface area contributed by atoms with Gasteiger partial charge < -0.3 is 4.74 Å². The number of benzene rings is 2. The largest absolute Gasteiger partial charge is 0.457 e. The zero-order chi connectivity index (χ0) is 16.8. The molecule has 1 aliphatic heterocycles. The van der Waals surface area contributed by atoms with Crippen molar-refractivity contribution in [2.24, 2.45) is 0 Å². The van der Waals surface area contributed by atoms with Crippen molar-refractivity contribution in [2.45, 2.75) is 6.54 Å². The van der Waals surface area contributed by atoms with Gasteiger partial charge in [-0.15, -0.1) is 0 Å². The minimum absolute atomic E-state index is 0.402. The van der Waals surface area contributed by atoms with Gasteiger partial charge in [0, 0.05) is 11.6 Å². The highest BCUT2D eigenvalue weighted by Gasteiger charge is 2.23. The van der Waals surface area contributed by atoms with Gasteiger partial charge in [0.1, 0.15) is 17.8 Å². The highest BCUT2D eigenvalue weighted by molar-refractivity contribution is 6.28. The molecule has 7 heteroatoms. The summed E-state index contributed by atoms with van der Waals surface area (Å²) in [6, 6.07) is 15.5. The molecule has 0 spiro atoms. The molecule has 2 aromatic carbocycles. The molecule has 25 heavy (non-hydrogen) atoms. The van der Waals surface area contributed by atoms with Crippen LogP contribution in [-0.4, -0.2) is 24.3 Å². The van der Waals surface area contributed by atoms with Gasteiger partial charge in [-0.2, -0.15) is 5.10 Å². The Bertz CT molecular complexity index is 1070. The quantitative estimate of drug-likeness (QED) is 0.484. The fourth-order valence-electron chi connectivity index (χ4n) is 3.04. The molecule has 0 radical (unpaired) electrons. The summed E-state index contributed by atoms with van der Waals surface area (Å²) >= 11 is 6.34. The van der Waals surface area contributed by atoms with E-state index in [0.29, 0.717) is 17.6 Å². The second kappa shape index (κ2) is 5.46. The minimum atomic E-state index is 0.402. The van der Waals surface area contributed by atoms with Crippen LogP contribution in [0.5, 0.6) is 11.5 Å². The molecule has 0 unspecified atom stereocenters. The maximum atomic E-state index is 6.34. The van der Waals surface area contributed by atoms with Crippen molar-refractivity contribution in [3.63, 3.8) is 0 Å². The second-order valence-electron chi connectivity index (χ2n) is 5.69. The number of fused-ring (bicyclic) bond motifs is 5. The number of hydrogen-bond acceptors (Lipinski definition) is 4. The number of imidazole rings is 1. The third-order valence-electron chi connectivity index (χ3n) is 4.15. The van der Waals surface area contributed by atoms with Crippen LogP contribution in [0.1, 0.15) is 5.69 Å². The summed E-state index contributed by atoms with van der Waals surface area (Å²) < 4.78 is 9.72. The summed E-state index contributed by atoms with van der Waals surface area (Å²) in [6.45, 7) is 0.554. The van der Waals surface area contributed by atoms with E-state index in [-0.39, 0.29) is 0 Å². The lowest BCUT2D eigenvalue weighted by Gasteiger charge is -2.12. The molecule has 5 rings (SSSR count). The smallest absolute Gasteiger partial charge is 0.207 e. The van der Waals surface area contributed by atoms with E-state index in [0.717, 1.165) is 28.5 Å². The molecular weight excluding hydrogens is 338 g/mol. The molecule has 0 N–H and O–H groups in total. The summed E-state index contributed by atoms with van der Waals surface area (Å²) in [5.74, 6) is 2.28. The Morgan fingerprint density at radius 3 is 2.76 bits per heavy atom. The van der Waals surface area contributed by atoms with E-state index in [4.69, 9.17) is 16.3 Å². The van der Waals surface area contributed by atoms with Crippen molar-refractivity contribution >= 4 is 11.6 Å². The molecule has 0 fully saturated rings. The second-order valence-corrected chi connectivity index (χ2v) is 6.03. The Kier molecular flexibility index (Phi) is 3.11. The summed E-state index contributed by atoms with van der Waals surface area (Å²) in [5, 5.41) is 4.71. The van der Waals surface area contributed by atoms with Crippen LogP contribution < -0.4 is 4.74 Å². The van der Waals surface area contributed by atoms with Gasteiger partial charge in [-0.3, -0.25) is 4.57 Å². The summed E-state index contributed by atoms with van der Waals surface area (Å²) in [5.41, 5.74) is 2.74. The molecule has 2 aromatic heterocycles. The summed E-state index contributed by atoms with van der Waals surface area (Å²) in [4.78, 5) is 8.63. The van der Waals surface area contributed by atoms with Crippen LogP contribution in [0.2, 0.25) is 5.28 Å². The van der Waals surface area contributed by atoms with Crippen LogP contribution in [0.3, 0.4) is 0 Å². The van der Waals surface area contributed by atoms with E-state index < -0.39 is 0 Å². The predicted octanol–water partition coefficient (Wildman–Crippen LogP) is 3.94. The van der Waals surface area contributed by atoms with Gasteiger partial charge in [-0.25, -0.2) is 14.6 Å². The molecule has 0 saturated carbocycles. The highest BCUT2D eigenvalue weighted by atomic mass is 35.5. The van der Waals surface area contributed by atoms with Gasteiger partial charge >= 0.3 is 0 Å². The Labute approximate surface area is 148 Å². The van der Waals surface area contributed by atoms with Gasteiger partial charge in [0.05, 0.1) is 24.1 Å². The van der Waals surface area contributed by atoms with Crippen LogP contribution in [-0.2, 0) is 6.54 Å². The molecule has 0 atom stereocenters. The molecule has 0 saturated heterocycles. The molecule has 122 valence electrons. The zero-order valence-corrected chi connectivity index (χ0v) is 13.8.